The van der Waals surface area contributed by atoms with E-state index in [-0.39, 0.29) is 12.0 Å². The topological polar surface area (TPSA) is 65.4 Å². The molecule has 6 heteroatoms. The summed E-state index contributed by atoms with van der Waals surface area (Å²) >= 11 is 0. The van der Waals surface area contributed by atoms with Crippen molar-refractivity contribution < 1.29 is 14.3 Å². The summed E-state index contributed by atoms with van der Waals surface area (Å²) in [7, 11) is 1.59. The number of carbonyl (C=O) groups excluding carboxylic acids is 1. The molecular formula is C24H27N3O3. The van der Waals surface area contributed by atoms with Crippen molar-refractivity contribution >= 4 is 5.91 Å². The van der Waals surface area contributed by atoms with Gasteiger partial charge < -0.3 is 19.4 Å². The third-order valence-electron chi connectivity index (χ3n) is 5.15. The average Bonchev–Trinajstić information content (AvgIpc) is 3.35. The van der Waals surface area contributed by atoms with Gasteiger partial charge in [-0.15, -0.1) is 0 Å². The van der Waals surface area contributed by atoms with Crippen LogP contribution in [0.1, 0.15) is 42.0 Å². The number of aromatic nitrogens is 2. The van der Waals surface area contributed by atoms with Crippen LogP contribution >= 0.6 is 0 Å². The number of nitrogens with one attached hydrogen (secondary N) is 1. The van der Waals surface area contributed by atoms with E-state index < -0.39 is 0 Å². The van der Waals surface area contributed by atoms with Gasteiger partial charge in [-0.2, -0.15) is 0 Å². The van der Waals surface area contributed by atoms with Crippen LogP contribution in [0.2, 0.25) is 0 Å². The first-order chi connectivity index (χ1) is 14.5. The molecule has 0 saturated heterocycles. The van der Waals surface area contributed by atoms with Crippen LogP contribution in [0.4, 0.5) is 0 Å². The fraction of sp³-hybridized carbons (Fsp3) is 0.333. The van der Waals surface area contributed by atoms with Crippen LogP contribution in [-0.2, 0) is 19.5 Å². The fourth-order valence-electron chi connectivity index (χ4n) is 3.68. The molecule has 0 saturated carbocycles. The molecule has 1 aliphatic heterocycles. The second kappa shape index (κ2) is 8.61. The Morgan fingerprint density at radius 1 is 1.23 bits per heavy atom. The van der Waals surface area contributed by atoms with E-state index in [2.05, 4.69) is 22.1 Å². The van der Waals surface area contributed by atoms with E-state index in [0.29, 0.717) is 17.9 Å². The molecule has 6 nitrogen and oxygen atoms in total. The number of amides is 1. The molecule has 4 rings (SSSR count). The maximum Gasteiger partial charge on any atom is 0.251 e. The fourth-order valence-corrected chi connectivity index (χ4v) is 3.68. The van der Waals surface area contributed by atoms with Crippen molar-refractivity contribution in [1.82, 2.24) is 14.9 Å². The highest BCUT2D eigenvalue weighted by Crippen LogP contribution is 2.29. The number of aryl methyl sites for hydroxylation is 2. The average molecular weight is 405 g/mol. The minimum absolute atomic E-state index is 0.0418. The molecule has 2 heterocycles. The number of imidazole rings is 1. The summed E-state index contributed by atoms with van der Waals surface area (Å²) in [6.45, 7) is 5.37. The Labute approximate surface area is 176 Å². The predicted molar refractivity (Wildman–Crippen MR) is 116 cm³/mol. The van der Waals surface area contributed by atoms with Gasteiger partial charge in [0.15, 0.2) is 0 Å². The number of hydrogen-bond acceptors (Lipinski definition) is 4. The van der Waals surface area contributed by atoms with E-state index in [4.69, 9.17) is 14.5 Å². The molecule has 0 atom stereocenters. The Balaban J connectivity index is 1.56. The molecule has 3 aromatic rings. The lowest BCUT2D eigenvalue weighted by molar-refractivity contribution is 0.0950. The van der Waals surface area contributed by atoms with Crippen LogP contribution in [0.25, 0.3) is 11.3 Å². The summed E-state index contributed by atoms with van der Waals surface area (Å²) in [5, 5.41) is 3.00. The molecule has 0 aliphatic carbocycles. The van der Waals surface area contributed by atoms with Gasteiger partial charge in [0.1, 0.15) is 17.3 Å². The van der Waals surface area contributed by atoms with Gasteiger partial charge in [-0.3, -0.25) is 4.79 Å². The number of benzene rings is 2. The molecule has 0 fully saturated rings. The Morgan fingerprint density at radius 3 is 2.87 bits per heavy atom. The van der Waals surface area contributed by atoms with Crippen LogP contribution < -0.4 is 14.8 Å². The maximum atomic E-state index is 12.6. The van der Waals surface area contributed by atoms with Crippen LogP contribution in [0.3, 0.4) is 0 Å². The Bertz CT molecular complexity index is 1030. The lowest BCUT2D eigenvalue weighted by Gasteiger charge is -2.16. The highest BCUT2D eigenvalue weighted by atomic mass is 16.5. The zero-order valence-corrected chi connectivity index (χ0v) is 17.6. The van der Waals surface area contributed by atoms with Crippen LogP contribution in [0, 0.1) is 0 Å². The zero-order valence-electron chi connectivity index (χ0n) is 17.6. The summed E-state index contributed by atoms with van der Waals surface area (Å²) in [6.07, 6.45) is 4.34. The summed E-state index contributed by atoms with van der Waals surface area (Å²) in [6, 6.07) is 13.2. The van der Waals surface area contributed by atoms with Crippen molar-refractivity contribution in [3.05, 3.63) is 65.6 Å². The molecule has 30 heavy (non-hydrogen) atoms. The van der Waals surface area contributed by atoms with E-state index in [1.54, 1.807) is 25.3 Å². The summed E-state index contributed by atoms with van der Waals surface area (Å²) < 4.78 is 13.4. The molecule has 2 aromatic carbocycles. The quantitative estimate of drug-likeness (QED) is 0.639. The van der Waals surface area contributed by atoms with Crippen molar-refractivity contribution in [2.45, 2.75) is 45.9 Å². The summed E-state index contributed by atoms with van der Waals surface area (Å²) in [5.74, 6) is 2.41. The number of carbonyl (C=O) groups is 1. The number of nitrogens with zero attached hydrogens (tertiary/aromatic N) is 2. The molecule has 156 valence electrons. The minimum atomic E-state index is -0.157. The maximum absolute atomic E-state index is 12.6. The lowest BCUT2D eigenvalue weighted by atomic mass is 10.1. The molecule has 0 unspecified atom stereocenters. The second-order valence-electron chi connectivity index (χ2n) is 7.74. The predicted octanol–water partition coefficient (Wildman–Crippen LogP) is 4.22. The zero-order chi connectivity index (χ0) is 21.1. The number of ether oxygens (including phenoxy) is 2. The smallest absolute Gasteiger partial charge is 0.251 e. The first-order valence-corrected chi connectivity index (χ1v) is 10.3. The van der Waals surface area contributed by atoms with Crippen LogP contribution in [0.15, 0.2) is 48.7 Å². The normalized spacial score (nSPS) is 12.7. The van der Waals surface area contributed by atoms with Gasteiger partial charge in [0.2, 0.25) is 0 Å². The summed E-state index contributed by atoms with van der Waals surface area (Å²) in [4.78, 5) is 17.4. The molecule has 1 amide bonds. The molecule has 0 radical (unpaired) electrons. The van der Waals surface area contributed by atoms with Crippen molar-refractivity contribution in [2.75, 3.05) is 7.11 Å². The van der Waals surface area contributed by atoms with Crippen molar-refractivity contribution in [1.29, 1.82) is 0 Å². The second-order valence-corrected chi connectivity index (χ2v) is 7.74. The van der Waals surface area contributed by atoms with Gasteiger partial charge in [-0.05, 0) is 56.7 Å². The first-order valence-electron chi connectivity index (χ1n) is 10.3. The molecule has 1 aromatic heterocycles. The van der Waals surface area contributed by atoms with Crippen LogP contribution in [0.5, 0.6) is 11.5 Å². The SMILES string of the molecule is COc1cccc(C(=O)NCc2cc(-c3cn4c(n3)CCC4)ccc2OC(C)C)c1. The van der Waals surface area contributed by atoms with Gasteiger partial charge in [-0.25, -0.2) is 4.98 Å². The molecule has 1 N–H and O–H groups in total. The van der Waals surface area contributed by atoms with Gasteiger partial charge in [0.05, 0.1) is 18.9 Å². The van der Waals surface area contributed by atoms with Crippen molar-refractivity contribution in [3.63, 3.8) is 0 Å². The minimum Gasteiger partial charge on any atom is -0.497 e. The monoisotopic (exact) mass is 405 g/mol. The number of hydrogen-bond donors (Lipinski definition) is 1. The van der Waals surface area contributed by atoms with E-state index in [0.717, 1.165) is 47.8 Å². The molecular weight excluding hydrogens is 378 g/mol. The van der Waals surface area contributed by atoms with E-state index in [1.165, 1.54) is 0 Å². The van der Waals surface area contributed by atoms with Gasteiger partial charge >= 0.3 is 0 Å². The van der Waals surface area contributed by atoms with Crippen molar-refractivity contribution in [3.8, 4) is 22.8 Å². The van der Waals surface area contributed by atoms with Gasteiger partial charge in [-0.1, -0.05) is 6.07 Å². The standard InChI is InChI=1S/C24H27N3O3/c1-16(2)30-22-10-9-17(21-15-27-11-5-8-23(27)26-21)12-19(22)14-25-24(28)18-6-4-7-20(13-18)29-3/h4,6-7,9-10,12-13,15-16H,5,8,11,14H2,1-3H3,(H,25,28). The van der Waals surface area contributed by atoms with Crippen LogP contribution in [-0.4, -0.2) is 28.7 Å². The highest BCUT2D eigenvalue weighted by molar-refractivity contribution is 5.94. The number of methoxy groups -OCH3 is 1. The molecule has 0 spiro atoms. The largest absolute Gasteiger partial charge is 0.497 e. The van der Waals surface area contributed by atoms with Gasteiger partial charge in [0.25, 0.3) is 5.91 Å². The summed E-state index contributed by atoms with van der Waals surface area (Å²) in [5.41, 5.74) is 3.47. The third kappa shape index (κ3) is 4.32. The van der Waals surface area contributed by atoms with Gasteiger partial charge in [0, 0.05) is 42.4 Å². The lowest BCUT2D eigenvalue weighted by Crippen LogP contribution is -2.23. The van der Waals surface area contributed by atoms with E-state index in [1.807, 2.05) is 32.0 Å². The number of rotatable bonds is 7. The molecule has 1 aliphatic rings. The number of fused-ring (bicyclic) bond motifs is 1. The molecule has 0 bridgehead atoms. The Hall–Kier alpha value is -3.28. The highest BCUT2D eigenvalue weighted by Gasteiger charge is 2.16. The first kappa shape index (κ1) is 20.0. The third-order valence-corrected chi connectivity index (χ3v) is 5.15. The van der Waals surface area contributed by atoms with Crippen molar-refractivity contribution in [2.24, 2.45) is 0 Å². The van der Waals surface area contributed by atoms with E-state index >= 15 is 0 Å². The Morgan fingerprint density at radius 2 is 2.10 bits per heavy atom. The van der Waals surface area contributed by atoms with E-state index in [9.17, 15) is 4.79 Å². The Kier molecular flexibility index (Phi) is 5.74.